The quantitative estimate of drug-likeness (QED) is 0.733. The number of aromatic nitrogens is 1. The third-order valence-electron chi connectivity index (χ3n) is 3.18. The predicted octanol–water partition coefficient (Wildman–Crippen LogP) is 3.61. The van der Waals surface area contributed by atoms with Crippen LogP contribution in [-0.4, -0.2) is 10.9 Å². The molecule has 18 heavy (non-hydrogen) atoms. The highest BCUT2D eigenvalue weighted by atomic mass is 16.1. The molecule has 2 heteroatoms. The highest BCUT2D eigenvalue weighted by molar-refractivity contribution is 5.72. The maximum Gasteiger partial charge on any atom is 0.166 e. The molecule has 0 atom stereocenters. The van der Waals surface area contributed by atoms with E-state index < -0.39 is 0 Å². The summed E-state index contributed by atoms with van der Waals surface area (Å²) in [5.74, 6) is 0. The molecule has 0 unspecified atom stereocenters. The Kier molecular flexibility index (Phi) is 3.98. The fourth-order valence-corrected chi connectivity index (χ4v) is 2.20. The van der Waals surface area contributed by atoms with Gasteiger partial charge in [0.15, 0.2) is 6.29 Å². The molecule has 0 aliphatic heterocycles. The summed E-state index contributed by atoms with van der Waals surface area (Å²) < 4.78 is 2.12. The summed E-state index contributed by atoms with van der Waals surface area (Å²) in [5, 5.41) is 0. The van der Waals surface area contributed by atoms with Gasteiger partial charge in [-0.3, -0.25) is 4.79 Å². The summed E-state index contributed by atoms with van der Waals surface area (Å²) in [6.45, 7) is 5.13. The maximum atomic E-state index is 11.0. The first-order chi connectivity index (χ1) is 8.74. The van der Waals surface area contributed by atoms with Gasteiger partial charge in [0.1, 0.15) is 0 Å². The Bertz CT molecular complexity index is 523. The molecule has 2 aromatic rings. The molecule has 0 aliphatic carbocycles. The van der Waals surface area contributed by atoms with Gasteiger partial charge in [0, 0.05) is 18.7 Å². The van der Waals surface area contributed by atoms with Gasteiger partial charge in [-0.15, -0.1) is 0 Å². The van der Waals surface area contributed by atoms with Gasteiger partial charge in [0.25, 0.3) is 0 Å². The number of carbonyl (C=O) groups excluding carboxylic acids is 1. The first kappa shape index (κ1) is 12.6. The van der Waals surface area contributed by atoms with Crippen LogP contribution in [0.2, 0.25) is 0 Å². The van der Waals surface area contributed by atoms with Crippen LogP contribution in [-0.2, 0) is 13.0 Å². The maximum absolute atomic E-state index is 11.0. The Labute approximate surface area is 108 Å². The van der Waals surface area contributed by atoms with Crippen molar-refractivity contribution < 1.29 is 4.79 Å². The largest absolute Gasteiger partial charge is 0.342 e. The van der Waals surface area contributed by atoms with E-state index in [0.29, 0.717) is 0 Å². The van der Waals surface area contributed by atoms with Crippen molar-refractivity contribution in [2.45, 2.75) is 33.2 Å². The summed E-state index contributed by atoms with van der Waals surface area (Å²) in [5.41, 5.74) is 4.55. The highest BCUT2D eigenvalue weighted by Crippen LogP contribution is 2.14. The summed E-state index contributed by atoms with van der Waals surface area (Å²) >= 11 is 0. The number of hydrogen-bond acceptors (Lipinski definition) is 1. The molecule has 1 aromatic heterocycles. The van der Waals surface area contributed by atoms with Gasteiger partial charge in [0.2, 0.25) is 0 Å². The zero-order valence-corrected chi connectivity index (χ0v) is 11.0. The van der Waals surface area contributed by atoms with Crippen LogP contribution in [0, 0.1) is 6.92 Å². The topological polar surface area (TPSA) is 22.0 Å². The molecule has 94 valence electrons. The summed E-state index contributed by atoms with van der Waals surface area (Å²) in [6, 6.07) is 12.5. The molecule has 2 rings (SSSR count). The first-order valence-corrected chi connectivity index (χ1v) is 6.43. The van der Waals surface area contributed by atoms with E-state index in [0.717, 1.165) is 31.4 Å². The second-order valence-electron chi connectivity index (χ2n) is 4.68. The fraction of sp³-hybridized carbons (Fsp3) is 0.312. The molecule has 0 aliphatic rings. The van der Waals surface area contributed by atoms with Crippen LogP contribution in [0.3, 0.4) is 0 Å². The van der Waals surface area contributed by atoms with Crippen LogP contribution in [0.1, 0.15) is 40.7 Å². The van der Waals surface area contributed by atoms with E-state index in [9.17, 15) is 4.79 Å². The van der Waals surface area contributed by atoms with Crippen LogP contribution >= 0.6 is 0 Å². The molecule has 0 N–H and O–H groups in total. The second kappa shape index (κ2) is 5.67. The minimum atomic E-state index is 0.777. The Balaban J connectivity index is 2.25. The Morgan fingerprint density at radius 3 is 2.44 bits per heavy atom. The first-order valence-electron chi connectivity index (χ1n) is 6.43. The van der Waals surface area contributed by atoms with Crippen molar-refractivity contribution in [3.63, 3.8) is 0 Å². The molecule has 0 saturated carbocycles. The van der Waals surface area contributed by atoms with Crippen LogP contribution < -0.4 is 0 Å². The third kappa shape index (κ3) is 2.70. The van der Waals surface area contributed by atoms with Gasteiger partial charge in [-0.25, -0.2) is 0 Å². The molecule has 0 saturated heterocycles. The standard InChI is InChI=1S/C16H19NO/c1-3-10-17-15(8-9-16(17)12-18)11-14-6-4-13(2)5-7-14/h4-9,12H,3,10-11H2,1-2H3. The monoisotopic (exact) mass is 241 g/mol. The number of rotatable bonds is 5. The molecule has 0 amide bonds. The van der Waals surface area contributed by atoms with E-state index in [1.165, 1.54) is 16.8 Å². The van der Waals surface area contributed by atoms with Crippen LogP contribution in [0.4, 0.5) is 0 Å². The van der Waals surface area contributed by atoms with Gasteiger partial charge in [-0.05, 0) is 31.0 Å². The second-order valence-corrected chi connectivity index (χ2v) is 4.68. The van der Waals surface area contributed by atoms with Gasteiger partial charge >= 0.3 is 0 Å². The van der Waals surface area contributed by atoms with E-state index in [1.807, 2.05) is 6.07 Å². The third-order valence-corrected chi connectivity index (χ3v) is 3.18. The lowest BCUT2D eigenvalue weighted by Crippen LogP contribution is -2.06. The summed E-state index contributed by atoms with van der Waals surface area (Å²) in [6.07, 6.45) is 2.86. The lowest BCUT2D eigenvalue weighted by atomic mass is 10.1. The van der Waals surface area contributed by atoms with Crippen molar-refractivity contribution >= 4 is 6.29 Å². The highest BCUT2D eigenvalue weighted by Gasteiger charge is 2.07. The van der Waals surface area contributed by atoms with Crippen molar-refractivity contribution in [3.8, 4) is 0 Å². The zero-order valence-electron chi connectivity index (χ0n) is 11.0. The van der Waals surface area contributed by atoms with Crippen LogP contribution in [0.25, 0.3) is 0 Å². The molecule has 0 spiro atoms. The normalized spacial score (nSPS) is 10.6. The molecule has 0 fully saturated rings. The molecule has 0 radical (unpaired) electrons. The minimum absolute atomic E-state index is 0.777. The smallest absolute Gasteiger partial charge is 0.166 e. The van der Waals surface area contributed by atoms with Crippen LogP contribution in [0.5, 0.6) is 0 Å². The van der Waals surface area contributed by atoms with E-state index in [1.54, 1.807) is 0 Å². The summed E-state index contributed by atoms with van der Waals surface area (Å²) in [4.78, 5) is 11.0. The van der Waals surface area contributed by atoms with Crippen LogP contribution in [0.15, 0.2) is 36.4 Å². The SMILES string of the molecule is CCCn1c(C=O)ccc1Cc1ccc(C)cc1. The number of aryl methyl sites for hydroxylation is 1. The average molecular weight is 241 g/mol. The van der Waals surface area contributed by atoms with E-state index >= 15 is 0 Å². The fourth-order valence-electron chi connectivity index (χ4n) is 2.20. The molecule has 1 heterocycles. The number of carbonyl (C=O) groups is 1. The van der Waals surface area contributed by atoms with Crippen molar-refractivity contribution in [2.75, 3.05) is 0 Å². The van der Waals surface area contributed by atoms with Gasteiger partial charge in [-0.2, -0.15) is 0 Å². The Morgan fingerprint density at radius 1 is 1.11 bits per heavy atom. The minimum Gasteiger partial charge on any atom is -0.342 e. The molecule has 2 nitrogen and oxygen atoms in total. The average Bonchev–Trinajstić information content (AvgIpc) is 2.75. The lowest BCUT2D eigenvalue weighted by Gasteiger charge is -2.10. The number of benzene rings is 1. The molecular formula is C16H19NO. The summed E-state index contributed by atoms with van der Waals surface area (Å²) in [7, 11) is 0. The van der Waals surface area contributed by atoms with Crippen molar-refractivity contribution in [3.05, 3.63) is 58.9 Å². The predicted molar refractivity (Wildman–Crippen MR) is 74.1 cm³/mol. The zero-order chi connectivity index (χ0) is 13.0. The lowest BCUT2D eigenvalue weighted by molar-refractivity contribution is 0.111. The number of nitrogens with zero attached hydrogens (tertiary/aromatic N) is 1. The van der Waals surface area contributed by atoms with Gasteiger partial charge in [0.05, 0.1) is 5.69 Å². The van der Waals surface area contributed by atoms with Crippen molar-refractivity contribution in [1.82, 2.24) is 4.57 Å². The number of hydrogen-bond donors (Lipinski definition) is 0. The van der Waals surface area contributed by atoms with Crippen molar-refractivity contribution in [2.24, 2.45) is 0 Å². The van der Waals surface area contributed by atoms with E-state index in [-0.39, 0.29) is 0 Å². The molecule has 1 aromatic carbocycles. The van der Waals surface area contributed by atoms with E-state index in [2.05, 4.69) is 48.7 Å². The Hall–Kier alpha value is -1.83. The number of aldehydes is 1. The molecular weight excluding hydrogens is 222 g/mol. The molecule has 0 bridgehead atoms. The van der Waals surface area contributed by atoms with Gasteiger partial charge < -0.3 is 4.57 Å². The Morgan fingerprint density at radius 2 is 1.83 bits per heavy atom. The van der Waals surface area contributed by atoms with Crippen molar-refractivity contribution in [1.29, 1.82) is 0 Å². The van der Waals surface area contributed by atoms with E-state index in [4.69, 9.17) is 0 Å². The van der Waals surface area contributed by atoms with Gasteiger partial charge in [-0.1, -0.05) is 36.8 Å².